The molecule has 6 rings (SSSR count). The third-order valence-corrected chi connectivity index (χ3v) is 28.4. The minimum atomic E-state index is -2.06. The molecule has 0 nitrogen and oxygen atoms in total. The standard InChI is InChI=1S/2C17H15.C2H6Si.Zr/c2*1-12-6-8-14(9-7-12)16-5-3-4-15-10-13(2)11-17(15)16;1-3-2;/h2*3-11H,1-2H3;1-2H3;. The van der Waals surface area contributed by atoms with Gasteiger partial charge in [-0.25, -0.2) is 0 Å². The molecule has 0 aliphatic heterocycles. The van der Waals surface area contributed by atoms with Gasteiger partial charge in [0.25, 0.3) is 0 Å². The first-order valence-electron chi connectivity index (χ1n) is 13.8. The summed E-state index contributed by atoms with van der Waals surface area (Å²) in [6, 6.07) is 32.3. The molecule has 0 spiro atoms. The van der Waals surface area contributed by atoms with E-state index in [4.69, 9.17) is 0 Å². The van der Waals surface area contributed by atoms with E-state index in [1.165, 1.54) is 44.5 Å². The number of fused-ring (bicyclic) bond motifs is 2. The van der Waals surface area contributed by atoms with E-state index in [1.54, 1.807) is 22.3 Å². The first-order valence-corrected chi connectivity index (χ1v) is 22.8. The summed E-state index contributed by atoms with van der Waals surface area (Å²) in [7, 11) is 0. The van der Waals surface area contributed by atoms with Crippen molar-refractivity contribution in [1.82, 2.24) is 0 Å². The Labute approximate surface area is 236 Å². The van der Waals surface area contributed by atoms with Crippen molar-refractivity contribution in [3.63, 3.8) is 0 Å². The quantitative estimate of drug-likeness (QED) is 0.208. The third-order valence-electron chi connectivity index (χ3n) is 8.48. The van der Waals surface area contributed by atoms with Crippen LogP contribution in [0.15, 0.2) is 96.1 Å². The summed E-state index contributed by atoms with van der Waals surface area (Å²) >= 11 is -2.06. The first kappa shape index (κ1) is 25.7. The Balaban J connectivity index is 1.47. The summed E-state index contributed by atoms with van der Waals surface area (Å²) < 4.78 is 1.31. The number of aryl methyl sites for hydroxylation is 2. The summed E-state index contributed by atoms with van der Waals surface area (Å²) in [4.78, 5) is 0. The van der Waals surface area contributed by atoms with Gasteiger partial charge in [0.1, 0.15) is 0 Å². The summed E-state index contributed by atoms with van der Waals surface area (Å²) in [5.74, 6) is 0. The number of hydrogen-bond acceptors (Lipinski definition) is 0. The summed E-state index contributed by atoms with van der Waals surface area (Å²) in [6.07, 6.45) is 5.08. The number of allylic oxidation sites excluding steroid dienone is 2. The van der Waals surface area contributed by atoms with Crippen molar-refractivity contribution in [3.05, 3.63) is 129 Å². The predicted octanol–water partition coefficient (Wildman–Crippen LogP) is 10.1. The molecule has 2 aliphatic rings. The number of benzene rings is 4. The van der Waals surface area contributed by atoms with Gasteiger partial charge in [-0.1, -0.05) is 0 Å². The Morgan fingerprint density at radius 2 is 0.921 bits per heavy atom. The molecule has 0 heterocycles. The van der Waals surface area contributed by atoms with Gasteiger partial charge in [-0.2, -0.15) is 0 Å². The molecular formula is C36H36SiZr. The molecule has 2 unspecified atom stereocenters. The SMILES string of the molecule is CC1=Cc2c(-c3ccc(C)cc3)cccc2[CH]1[Zr]([CH]1C(C)=Cc2c(-c3ccc(C)cc3)cccc21)=[Si](C)C. The van der Waals surface area contributed by atoms with Gasteiger partial charge < -0.3 is 0 Å². The van der Waals surface area contributed by atoms with E-state index in [9.17, 15) is 0 Å². The van der Waals surface area contributed by atoms with Crippen molar-refractivity contribution in [2.45, 2.75) is 48.0 Å². The molecule has 0 aromatic heterocycles. The van der Waals surface area contributed by atoms with E-state index in [0.29, 0.717) is 7.25 Å². The zero-order chi connectivity index (χ0) is 26.6. The van der Waals surface area contributed by atoms with Crippen LogP contribution in [0.5, 0.6) is 0 Å². The molecule has 0 saturated heterocycles. The van der Waals surface area contributed by atoms with Crippen LogP contribution in [-0.2, 0) is 20.4 Å². The Morgan fingerprint density at radius 3 is 1.29 bits per heavy atom. The molecule has 4 aromatic carbocycles. The van der Waals surface area contributed by atoms with Crippen LogP contribution in [0.1, 0.15) is 54.5 Å². The molecule has 4 aromatic rings. The fourth-order valence-electron chi connectivity index (χ4n) is 6.64. The van der Waals surface area contributed by atoms with Crippen LogP contribution in [0.2, 0.25) is 13.1 Å². The average Bonchev–Trinajstić information content (AvgIpc) is 3.41. The van der Waals surface area contributed by atoms with Gasteiger partial charge >= 0.3 is 238 Å². The van der Waals surface area contributed by atoms with E-state index in [0.717, 1.165) is 0 Å². The van der Waals surface area contributed by atoms with Gasteiger partial charge in [0, 0.05) is 0 Å². The van der Waals surface area contributed by atoms with Crippen LogP contribution < -0.4 is 0 Å². The van der Waals surface area contributed by atoms with Crippen molar-refractivity contribution < 1.29 is 20.4 Å². The van der Waals surface area contributed by atoms with E-state index in [1.807, 2.05) is 0 Å². The fraction of sp³-hybridized carbons (Fsp3) is 0.222. The van der Waals surface area contributed by atoms with Gasteiger partial charge in [0.15, 0.2) is 0 Å². The van der Waals surface area contributed by atoms with Crippen molar-refractivity contribution in [1.29, 1.82) is 0 Å². The second-order valence-corrected chi connectivity index (χ2v) is 29.3. The summed E-state index contributed by atoms with van der Waals surface area (Å²) in [5, 5.41) is 0. The summed E-state index contributed by atoms with van der Waals surface area (Å²) in [6.45, 7) is 14.4. The van der Waals surface area contributed by atoms with Gasteiger partial charge in [0.05, 0.1) is 0 Å². The third kappa shape index (κ3) is 4.41. The Kier molecular flexibility index (Phi) is 6.91. The number of hydrogen-bond donors (Lipinski definition) is 0. The van der Waals surface area contributed by atoms with Crippen molar-refractivity contribution in [2.24, 2.45) is 0 Å². The zero-order valence-electron chi connectivity index (χ0n) is 23.4. The molecule has 0 amide bonds. The van der Waals surface area contributed by atoms with Crippen molar-refractivity contribution in [2.75, 3.05) is 0 Å². The molecule has 38 heavy (non-hydrogen) atoms. The molecule has 0 saturated carbocycles. The van der Waals surface area contributed by atoms with E-state index in [-0.39, 0.29) is 0 Å². The molecule has 2 atom stereocenters. The topological polar surface area (TPSA) is 0 Å². The van der Waals surface area contributed by atoms with Gasteiger partial charge in [0.2, 0.25) is 0 Å². The maximum absolute atomic E-state index is 2.61. The monoisotopic (exact) mass is 586 g/mol. The van der Waals surface area contributed by atoms with Crippen LogP contribution in [0, 0.1) is 13.8 Å². The molecule has 0 radical (unpaired) electrons. The van der Waals surface area contributed by atoms with Gasteiger partial charge in [-0.05, 0) is 0 Å². The molecule has 2 aliphatic carbocycles. The molecule has 188 valence electrons. The predicted molar refractivity (Wildman–Crippen MR) is 163 cm³/mol. The first-order chi connectivity index (χ1) is 18.3. The van der Waals surface area contributed by atoms with Gasteiger partial charge in [-0.15, -0.1) is 0 Å². The maximum atomic E-state index is 2.61. The van der Waals surface area contributed by atoms with Crippen molar-refractivity contribution in [3.8, 4) is 22.3 Å². The molecule has 0 N–H and O–H groups in total. The molecular weight excluding hydrogens is 552 g/mol. The van der Waals surface area contributed by atoms with E-state index < -0.39 is 25.8 Å². The van der Waals surface area contributed by atoms with Crippen LogP contribution in [0.25, 0.3) is 34.4 Å². The average molecular weight is 588 g/mol. The van der Waals surface area contributed by atoms with Gasteiger partial charge in [-0.3, -0.25) is 0 Å². The van der Waals surface area contributed by atoms with E-state index >= 15 is 0 Å². The fourth-order valence-corrected chi connectivity index (χ4v) is 27.4. The van der Waals surface area contributed by atoms with Crippen molar-refractivity contribution >= 4 is 17.6 Å². The van der Waals surface area contributed by atoms with Crippen LogP contribution in [0.3, 0.4) is 0 Å². The molecule has 0 bridgehead atoms. The number of rotatable bonds is 4. The second kappa shape index (κ2) is 10.2. The Hall–Kier alpha value is -2.54. The second-order valence-electron chi connectivity index (χ2n) is 11.4. The Morgan fingerprint density at radius 1 is 0.526 bits per heavy atom. The normalized spacial score (nSPS) is 17.5. The summed E-state index contributed by atoms with van der Waals surface area (Å²) in [5.41, 5.74) is 17.1. The van der Waals surface area contributed by atoms with Crippen LogP contribution >= 0.6 is 0 Å². The van der Waals surface area contributed by atoms with Crippen LogP contribution in [-0.4, -0.2) is 5.43 Å². The van der Waals surface area contributed by atoms with E-state index in [2.05, 4.69) is 138 Å². The molecule has 0 fully saturated rings. The minimum absolute atomic E-state index is 0.437. The molecule has 2 heteroatoms. The van der Waals surface area contributed by atoms with Crippen LogP contribution in [0.4, 0.5) is 0 Å². The zero-order valence-corrected chi connectivity index (χ0v) is 26.9. The Bertz CT molecular complexity index is 1530.